The number of carbonyl (C=O) groups is 1. The first-order chi connectivity index (χ1) is 10.5. The fourth-order valence-corrected chi connectivity index (χ4v) is 2.65. The molecule has 3 rings (SSSR count). The highest BCUT2D eigenvalue weighted by atomic mass is 35.5. The molecule has 1 aliphatic rings. The summed E-state index contributed by atoms with van der Waals surface area (Å²) in [5.41, 5.74) is 0.526. The molecule has 1 N–H and O–H groups in total. The van der Waals surface area contributed by atoms with Crippen LogP contribution in [0.1, 0.15) is 40.4 Å². The average Bonchev–Trinajstić information content (AvgIpc) is 3.10. The lowest BCUT2D eigenvalue weighted by Gasteiger charge is -2.05. The van der Waals surface area contributed by atoms with Crippen LogP contribution in [0.4, 0.5) is 8.78 Å². The van der Waals surface area contributed by atoms with E-state index in [4.69, 9.17) is 11.6 Å². The van der Waals surface area contributed by atoms with Gasteiger partial charge in [-0.3, -0.25) is 9.48 Å². The number of hydrogen-bond donors (Lipinski definition) is 1. The van der Waals surface area contributed by atoms with Gasteiger partial charge in [0.1, 0.15) is 5.69 Å². The second kappa shape index (κ2) is 5.68. The van der Waals surface area contributed by atoms with E-state index in [-0.39, 0.29) is 17.5 Å². The molecule has 0 saturated heterocycles. The van der Waals surface area contributed by atoms with Gasteiger partial charge in [0.05, 0.1) is 5.56 Å². The third-order valence-electron chi connectivity index (χ3n) is 3.71. The minimum atomic E-state index is -2.77. The van der Waals surface area contributed by atoms with Crippen LogP contribution in [-0.4, -0.2) is 21.7 Å². The summed E-state index contributed by atoms with van der Waals surface area (Å²) in [5, 5.41) is 7.07. The molecule has 1 aromatic carbocycles. The molecule has 4 nitrogen and oxygen atoms in total. The van der Waals surface area contributed by atoms with E-state index in [1.807, 2.05) is 12.1 Å². The van der Waals surface area contributed by atoms with Crippen molar-refractivity contribution in [2.45, 2.75) is 24.8 Å². The van der Waals surface area contributed by atoms with Gasteiger partial charge in [0, 0.05) is 30.2 Å². The molecule has 1 aromatic heterocycles. The molecule has 1 fully saturated rings. The highest BCUT2D eigenvalue weighted by molar-refractivity contribution is 6.30. The van der Waals surface area contributed by atoms with Crippen LogP contribution in [0.3, 0.4) is 0 Å². The van der Waals surface area contributed by atoms with E-state index in [9.17, 15) is 13.6 Å². The third-order valence-corrected chi connectivity index (χ3v) is 3.97. The molecule has 7 heteroatoms. The minimum Gasteiger partial charge on any atom is -0.349 e. The van der Waals surface area contributed by atoms with Crippen LogP contribution >= 0.6 is 11.6 Å². The first kappa shape index (κ1) is 15.0. The highest BCUT2D eigenvalue weighted by Gasteiger charge is 2.40. The zero-order valence-corrected chi connectivity index (χ0v) is 12.5. The van der Waals surface area contributed by atoms with Gasteiger partial charge in [-0.2, -0.15) is 5.10 Å². The van der Waals surface area contributed by atoms with Crippen LogP contribution in [0.5, 0.6) is 0 Å². The lowest BCUT2D eigenvalue weighted by molar-refractivity contribution is 0.0935. The molecule has 0 spiro atoms. The van der Waals surface area contributed by atoms with E-state index in [1.165, 1.54) is 17.9 Å². The second-order valence-corrected chi connectivity index (χ2v) is 5.81. The summed E-state index contributed by atoms with van der Waals surface area (Å²) in [5.74, 6) is -0.308. The van der Waals surface area contributed by atoms with Crippen molar-refractivity contribution in [3.8, 4) is 0 Å². The summed E-state index contributed by atoms with van der Waals surface area (Å²) in [6.07, 6.45) is -0.665. The Bertz CT molecular complexity index is 699. The number of amides is 1. The largest absolute Gasteiger partial charge is 0.349 e. The molecule has 116 valence electrons. The van der Waals surface area contributed by atoms with Crippen LogP contribution in [0.15, 0.2) is 30.5 Å². The second-order valence-electron chi connectivity index (χ2n) is 5.38. The van der Waals surface area contributed by atoms with Gasteiger partial charge in [-0.25, -0.2) is 8.78 Å². The Morgan fingerprint density at radius 3 is 2.73 bits per heavy atom. The number of halogens is 3. The Labute approximate surface area is 131 Å². The zero-order chi connectivity index (χ0) is 15.9. The van der Waals surface area contributed by atoms with Crippen molar-refractivity contribution >= 4 is 17.5 Å². The predicted octanol–water partition coefficient (Wildman–Crippen LogP) is 3.30. The van der Waals surface area contributed by atoms with Crippen LogP contribution in [0, 0.1) is 0 Å². The molecule has 1 saturated carbocycles. The van der Waals surface area contributed by atoms with Crippen LogP contribution in [0.2, 0.25) is 5.02 Å². The predicted molar refractivity (Wildman–Crippen MR) is 78.2 cm³/mol. The summed E-state index contributed by atoms with van der Waals surface area (Å²) >= 11 is 5.84. The molecule has 0 radical (unpaired) electrons. The summed E-state index contributed by atoms with van der Waals surface area (Å²) in [6, 6.07) is 7.37. The monoisotopic (exact) mass is 325 g/mol. The number of rotatable bonds is 4. The maximum atomic E-state index is 12.9. The Kier molecular flexibility index (Phi) is 3.87. The maximum Gasteiger partial charge on any atom is 0.282 e. The van der Waals surface area contributed by atoms with E-state index in [1.54, 1.807) is 12.1 Å². The van der Waals surface area contributed by atoms with E-state index in [0.717, 1.165) is 12.0 Å². The molecule has 22 heavy (non-hydrogen) atoms. The Balaban J connectivity index is 1.68. The fourth-order valence-electron chi connectivity index (χ4n) is 2.52. The minimum absolute atomic E-state index is 0.0422. The molecular formula is C15H14ClF2N3O. The van der Waals surface area contributed by atoms with Crippen molar-refractivity contribution in [2.24, 2.45) is 7.05 Å². The van der Waals surface area contributed by atoms with Crippen molar-refractivity contribution < 1.29 is 13.6 Å². The van der Waals surface area contributed by atoms with E-state index < -0.39 is 18.0 Å². The van der Waals surface area contributed by atoms with Gasteiger partial charge in [-0.15, -0.1) is 0 Å². The Hall–Kier alpha value is -1.95. The molecule has 2 aromatic rings. The molecule has 0 bridgehead atoms. The van der Waals surface area contributed by atoms with Gasteiger partial charge < -0.3 is 5.32 Å². The first-order valence-electron chi connectivity index (χ1n) is 6.83. The van der Waals surface area contributed by atoms with E-state index in [0.29, 0.717) is 5.02 Å². The SMILES string of the molecule is Cn1cc(C(=O)N[C@H]2C[C@H]2c2ccc(Cl)cc2)c(C(F)F)n1. The molecule has 0 aliphatic heterocycles. The van der Waals surface area contributed by atoms with Gasteiger partial charge in [-0.1, -0.05) is 23.7 Å². The van der Waals surface area contributed by atoms with Crippen molar-refractivity contribution in [3.05, 3.63) is 52.3 Å². The fraction of sp³-hybridized carbons (Fsp3) is 0.333. The number of aryl methyl sites for hydroxylation is 1. The van der Waals surface area contributed by atoms with Crippen LogP contribution in [-0.2, 0) is 7.05 Å². The number of hydrogen-bond acceptors (Lipinski definition) is 2. The number of nitrogens with zero attached hydrogens (tertiary/aromatic N) is 2. The summed E-state index contributed by atoms with van der Waals surface area (Å²) in [4.78, 5) is 12.1. The number of carbonyl (C=O) groups excluding carboxylic acids is 1. The zero-order valence-electron chi connectivity index (χ0n) is 11.8. The molecule has 1 amide bonds. The van der Waals surface area contributed by atoms with Crippen LogP contribution < -0.4 is 5.32 Å². The molecule has 1 aliphatic carbocycles. The van der Waals surface area contributed by atoms with E-state index >= 15 is 0 Å². The normalized spacial score (nSPS) is 20.2. The number of nitrogens with one attached hydrogen (secondary N) is 1. The van der Waals surface area contributed by atoms with Gasteiger partial charge >= 0.3 is 0 Å². The van der Waals surface area contributed by atoms with E-state index in [2.05, 4.69) is 10.4 Å². The lowest BCUT2D eigenvalue weighted by Crippen LogP contribution is -2.27. The average molecular weight is 326 g/mol. The molecule has 0 unspecified atom stereocenters. The van der Waals surface area contributed by atoms with Crippen molar-refractivity contribution in [1.82, 2.24) is 15.1 Å². The van der Waals surface area contributed by atoms with Gasteiger partial charge in [0.25, 0.3) is 12.3 Å². The smallest absolute Gasteiger partial charge is 0.282 e. The van der Waals surface area contributed by atoms with Crippen LogP contribution in [0.25, 0.3) is 0 Å². The summed E-state index contributed by atoms with van der Waals surface area (Å²) in [7, 11) is 1.51. The van der Waals surface area contributed by atoms with Crippen molar-refractivity contribution in [1.29, 1.82) is 0 Å². The van der Waals surface area contributed by atoms with Gasteiger partial charge in [0.15, 0.2) is 0 Å². The quantitative estimate of drug-likeness (QED) is 0.937. The standard InChI is InChI=1S/C15H14ClF2N3O/c1-21-7-11(13(20-21)14(17)18)15(22)19-12-6-10(12)8-2-4-9(16)5-3-8/h2-5,7,10,12,14H,6H2,1H3,(H,19,22)/t10-,12-/m0/s1. The third kappa shape index (κ3) is 2.97. The Morgan fingerprint density at radius 1 is 1.41 bits per heavy atom. The maximum absolute atomic E-state index is 12.9. The topological polar surface area (TPSA) is 46.9 Å². The molecular weight excluding hydrogens is 312 g/mol. The van der Waals surface area contributed by atoms with Crippen molar-refractivity contribution in [2.75, 3.05) is 0 Å². The first-order valence-corrected chi connectivity index (χ1v) is 7.21. The summed E-state index contributed by atoms with van der Waals surface area (Å²) < 4.78 is 27.0. The highest BCUT2D eigenvalue weighted by Crippen LogP contribution is 2.41. The van der Waals surface area contributed by atoms with Crippen molar-refractivity contribution in [3.63, 3.8) is 0 Å². The Morgan fingerprint density at radius 2 is 2.09 bits per heavy atom. The summed E-state index contributed by atoms with van der Waals surface area (Å²) in [6.45, 7) is 0. The van der Waals surface area contributed by atoms with Gasteiger partial charge in [0.2, 0.25) is 0 Å². The molecule has 2 atom stereocenters. The lowest BCUT2D eigenvalue weighted by atomic mass is 10.1. The molecule has 1 heterocycles. The number of alkyl halides is 2. The van der Waals surface area contributed by atoms with Gasteiger partial charge in [-0.05, 0) is 24.1 Å². The number of benzene rings is 1. The number of aromatic nitrogens is 2.